The predicted molar refractivity (Wildman–Crippen MR) is 62.0 cm³/mol. The Hall–Kier alpha value is -1.58. The molecule has 0 saturated heterocycles. The molecule has 1 aromatic heterocycles. The summed E-state index contributed by atoms with van der Waals surface area (Å²) in [5.41, 5.74) is 9.28. The molecular formula is C11H16N4O. The smallest absolute Gasteiger partial charge is 0.0469 e. The van der Waals surface area contributed by atoms with Gasteiger partial charge >= 0.3 is 0 Å². The van der Waals surface area contributed by atoms with Crippen LogP contribution in [-0.4, -0.2) is 24.7 Å². The summed E-state index contributed by atoms with van der Waals surface area (Å²) in [5, 5.41) is 3.43. The van der Waals surface area contributed by atoms with E-state index < -0.39 is 0 Å². The number of rotatable bonds is 8. The lowest BCUT2D eigenvalue weighted by atomic mass is 10.2. The molecular weight excluding hydrogens is 204 g/mol. The van der Waals surface area contributed by atoms with Gasteiger partial charge < -0.3 is 4.74 Å². The molecule has 0 aromatic carbocycles. The molecule has 0 saturated carbocycles. The van der Waals surface area contributed by atoms with Gasteiger partial charge in [0.25, 0.3) is 0 Å². The van der Waals surface area contributed by atoms with E-state index in [0.29, 0.717) is 13.2 Å². The van der Waals surface area contributed by atoms with Crippen LogP contribution in [0.1, 0.15) is 18.4 Å². The van der Waals surface area contributed by atoms with Gasteiger partial charge in [-0.1, -0.05) is 11.2 Å². The van der Waals surface area contributed by atoms with Gasteiger partial charge in [-0.25, -0.2) is 0 Å². The van der Waals surface area contributed by atoms with Crippen molar-refractivity contribution in [3.63, 3.8) is 0 Å². The van der Waals surface area contributed by atoms with Crippen molar-refractivity contribution in [1.82, 2.24) is 4.98 Å². The summed E-state index contributed by atoms with van der Waals surface area (Å²) in [6.45, 7) is 1.91. The predicted octanol–water partition coefficient (Wildman–Crippen LogP) is 2.73. The first-order valence-electron chi connectivity index (χ1n) is 5.41. The van der Waals surface area contributed by atoms with Crippen LogP contribution in [0, 0.1) is 0 Å². The Balaban J connectivity index is 1.94. The van der Waals surface area contributed by atoms with Crippen LogP contribution in [0.3, 0.4) is 0 Å². The van der Waals surface area contributed by atoms with Crippen LogP contribution in [0.4, 0.5) is 0 Å². The van der Waals surface area contributed by atoms with E-state index in [1.54, 1.807) is 6.20 Å². The molecule has 5 nitrogen and oxygen atoms in total. The zero-order valence-electron chi connectivity index (χ0n) is 9.25. The number of hydrogen-bond donors (Lipinski definition) is 0. The van der Waals surface area contributed by atoms with Gasteiger partial charge in [0.05, 0.1) is 0 Å². The van der Waals surface area contributed by atoms with Crippen molar-refractivity contribution in [3.8, 4) is 0 Å². The lowest BCUT2D eigenvalue weighted by molar-refractivity contribution is 0.131. The minimum atomic E-state index is 0.513. The molecule has 0 spiro atoms. The summed E-state index contributed by atoms with van der Waals surface area (Å²) in [5.74, 6) is 0. The number of azide groups is 1. The van der Waals surface area contributed by atoms with Crippen LogP contribution in [0.5, 0.6) is 0 Å². The van der Waals surface area contributed by atoms with Crippen LogP contribution in [-0.2, 0) is 11.2 Å². The van der Waals surface area contributed by atoms with E-state index in [0.717, 1.165) is 25.9 Å². The lowest BCUT2D eigenvalue weighted by Crippen LogP contribution is -2.00. The minimum Gasteiger partial charge on any atom is -0.381 e. The van der Waals surface area contributed by atoms with Crippen LogP contribution >= 0.6 is 0 Å². The van der Waals surface area contributed by atoms with Gasteiger partial charge in [0.1, 0.15) is 0 Å². The molecule has 0 unspecified atom stereocenters. The second kappa shape index (κ2) is 8.71. The number of hydrogen-bond acceptors (Lipinski definition) is 3. The van der Waals surface area contributed by atoms with E-state index >= 15 is 0 Å². The van der Waals surface area contributed by atoms with Gasteiger partial charge in [0, 0.05) is 37.1 Å². The van der Waals surface area contributed by atoms with Gasteiger partial charge in [-0.05, 0) is 36.4 Å². The molecule has 0 fully saturated rings. The van der Waals surface area contributed by atoms with Gasteiger partial charge in [0.15, 0.2) is 0 Å². The van der Waals surface area contributed by atoms with E-state index in [4.69, 9.17) is 10.3 Å². The Morgan fingerprint density at radius 1 is 1.38 bits per heavy atom. The maximum Gasteiger partial charge on any atom is 0.0469 e. The average molecular weight is 220 g/mol. The van der Waals surface area contributed by atoms with Crippen molar-refractivity contribution in [2.75, 3.05) is 19.8 Å². The fourth-order valence-electron chi connectivity index (χ4n) is 1.31. The van der Waals surface area contributed by atoms with Crippen LogP contribution in [0.25, 0.3) is 10.4 Å². The second-order valence-corrected chi connectivity index (χ2v) is 3.39. The van der Waals surface area contributed by atoms with Crippen LogP contribution < -0.4 is 0 Å². The Bertz CT molecular complexity index is 322. The van der Waals surface area contributed by atoms with Crippen LogP contribution in [0.2, 0.25) is 0 Å². The molecule has 0 N–H and O–H groups in total. The second-order valence-electron chi connectivity index (χ2n) is 3.39. The van der Waals surface area contributed by atoms with Crippen molar-refractivity contribution in [3.05, 3.63) is 40.5 Å². The summed E-state index contributed by atoms with van der Waals surface area (Å²) < 4.78 is 5.40. The molecule has 0 atom stereocenters. The number of pyridine rings is 1. The number of aryl methyl sites for hydroxylation is 1. The first-order chi connectivity index (χ1) is 7.93. The van der Waals surface area contributed by atoms with E-state index in [2.05, 4.69) is 21.1 Å². The standard InChI is InChI=1S/C11H16N4O/c12-15-14-7-3-9-16-8-2-5-11-4-1-6-13-10-11/h1,4,6,10H,2-3,5,7-9H2. The molecule has 0 aliphatic rings. The summed E-state index contributed by atoms with van der Waals surface area (Å²) in [6.07, 6.45) is 6.42. The first kappa shape index (κ1) is 12.5. The number of nitrogens with zero attached hydrogens (tertiary/aromatic N) is 4. The average Bonchev–Trinajstić information content (AvgIpc) is 2.34. The summed E-state index contributed by atoms with van der Waals surface area (Å²) >= 11 is 0. The van der Waals surface area contributed by atoms with Crippen molar-refractivity contribution >= 4 is 0 Å². The fraction of sp³-hybridized carbons (Fsp3) is 0.545. The molecule has 0 amide bonds. The van der Waals surface area contributed by atoms with Crippen molar-refractivity contribution < 1.29 is 4.74 Å². The topological polar surface area (TPSA) is 70.9 Å². The van der Waals surface area contributed by atoms with Gasteiger partial charge in [0.2, 0.25) is 0 Å². The highest BCUT2D eigenvalue weighted by molar-refractivity contribution is 5.08. The summed E-state index contributed by atoms with van der Waals surface area (Å²) in [7, 11) is 0. The van der Waals surface area contributed by atoms with Crippen LogP contribution in [0.15, 0.2) is 29.6 Å². The Morgan fingerprint density at radius 2 is 2.25 bits per heavy atom. The van der Waals surface area contributed by atoms with E-state index in [1.165, 1.54) is 5.56 Å². The van der Waals surface area contributed by atoms with E-state index in [9.17, 15) is 0 Å². The SMILES string of the molecule is [N-]=[N+]=NCCCOCCCc1cccnc1. The lowest BCUT2D eigenvalue weighted by Gasteiger charge is -2.02. The summed E-state index contributed by atoms with van der Waals surface area (Å²) in [4.78, 5) is 6.72. The molecule has 0 radical (unpaired) electrons. The Labute approximate surface area is 95.1 Å². The third-order valence-electron chi connectivity index (χ3n) is 2.09. The largest absolute Gasteiger partial charge is 0.381 e. The normalized spacial score (nSPS) is 9.75. The molecule has 16 heavy (non-hydrogen) atoms. The van der Waals surface area contributed by atoms with Gasteiger partial charge in [-0.15, -0.1) is 0 Å². The van der Waals surface area contributed by atoms with E-state index in [1.807, 2.05) is 12.3 Å². The maximum atomic E-state index is 8.04. The molecule has 1 rings (SSSR count). The molecule has 0 bridgehead atoms. The highest BCUT2D eigenvalue weighted by Gasteiger charge is 1.93. The highest BCUT2D eigenvalue weighted by Crippen LogP contribution is 2.00. The Morgan fingerprint density at radius 3 is 3.00 bits per heavy atom. The third kappa shape index (κ3) is 6.01. The van der Waals surface area contributed by atoms with Crippen molar-refractivity contribution in [2.45, 2.75) is 19.3 Å². The molecule has 1 aromatic rings. The third-order valence-corrected chi connectivity index (χ3v) is 2.09. The van der Waals surface area contributed by atoms with Gasteiger partial charge in [-0.3, -0.25) is 4.98 Å². The molecule has 1 heterocycles. The maximum absolute atomic E-state index is 8.04. The summed E-state index contributed by atoms with van der Waals surface area (Å²) in [6, 6.07) is 4.00. The molecule has 0 aliphatic carbocycles. The molecule has 5 heteroatoms. The highest BCUT2D eigenvalue weighted by atomic mass is 16.5. The zero-order valence-corrected chi connectivity index (χ0v) is 9.25. The first-order valence-corrected chi connectivity index (χ1v) is 5.41. The number of ether oxygens (including phenoxy) is 1. The van der Waals surface area contributed by atoms with Gasteiger partial charge in [-0.2, -0.15) is 0 Å². The quantitative estimate of drug-likeness (QED) is 0.292. The molecule has 0 aliphatic heterocycles. The number of aromatic nitrogens is 1. The fourth-order valence-corrected chi connectivity index (χ4v) is 1.31. The monoisotopic (exact) mass is 220 g/mol. The van der Waals surface area contributed by atoms with Crippen molar-refractivity contribution in [2.24, 2.45) is 5.11 Å². The zero-order chi connectivity index (χ0) is 11.5. The van der Waals surface area contributed by atoms with Crippen molar-refractivity contribution in [1.29, 1.82) is 0 Å². The van der Waals surface area contributed by atoms with E-state index in [-0.39, 0.29) is 0 Å². The minimum absolute atomic E-state index is 0.513. The Kier molecular flexibility index (Phi) is 6.80. The molecule has 86 valence electrons.